The molecule has 0 amide bonds. The quantitative estimate of drug-likeness (QED) is 0.750. The molecule has 21 heavy (non-hydrogen) atoms. The summed E-state index contributed by atoms with van der Waals surface area (Å²) in [6, 6.07) is 0. The molecule has 0 fully saturated rings. The molecular formula is C14H23N5O2. The fourth-order valence-electron chi connectivity index (χ4n) is 2.42. The summed E-state index contributed by atoms with van der Waals surface area (Å²) in [6.45, 7) is 3.97. The number of unbranched alkanes of at least 4 members (excludes halogenated alkanes) is 2. The molecule has 0 aromatic carbocycles. The predicted octanol–water partition coefficient (Wildman–Crippen LogP) is 0.436. The van der Waals surface area contributed by atoms with Crippen LogP contribution < -0.4 is 17.0 Å². The molecule has 2 heterocycles. The summed E-state index contributed by atoms with van der Waals surface area (Å²) in [5.74, 6) is 0. The van der Waals surface area contributed by atoms with Crippen LogP contribution in [0, 0.1) is 0 Å². The van der Waals surface area contributed by atoms with Crippen molar-refractivity contribution < 1.29 is 0 Å². The van der Waals surface area contributed by atoms with Crippen molar-refractivity contribution in [3.63, 3.8) is 0 Å². The molecule has 0 aliphatic heterocycles. The van der Waals surface area contributed by atoms with E-state index in [0.717, 1.165) is 25.7 Å². The molecule has 0 saturated heterocycles. The number of imidazole rings is 1. The maximum Gasteiger partial charge on any atom is 0.332 e. The number of aromatic nitrogens is 4. The third-order valence-electron chi connectivity index (χ3n) is 3.69. The Morgan fingerprint density at radius 1 is 1.19 bits per heavy atom. The number of rotatable bonds is 7. The summed E-state index contributed by atoms with van der Waals surface area (Å²) in [7, 11) is 1.52. The second-order valence-corrected chi connectivity index (χ2v) is 5.26. The van der Waals surface area contributed by atoms with Gasteiger partial charge in [0.2, 0.25) is 0 Å². The number of nitrogens with zero attached hydrogens (tertiary/aromatic N) is 4. The van der Waals surface area contributed by atoms with Crippen molar-refractivity contribution in [1.82, 2.24) is 18.7 Å². The molecule has 0 aliphatic rings. The normalized spacial score (nSPS) is 11.4. The monoisotopic (exact) mass is 293 g/mol. The first-order valence-corrected chi connectivity index (χ1v) is 7.46. The minimum atomic E-state index is -0.298. The van der Waals surface area contributed by atoms with E-state index in [-0.39, 0.29) is 11.2 Å². The number of hydrogen-bond donors (Lipinski definition) is 1. The van der Waals surface area contributed by atoms with Crippen molar-refractivity contribution in [2.24, 2.45) is 12.8 Å². The molecule has 2 aromatic rings. The van der Waals surface area contributed by atoms with E-state index >= 15 is 0 Å². The molecule has 0 bridgehead atoms. The van der Waals surface area contributed by atoms with Gasteiger partial charge in [-0.1, -0.05) is 13.3 Å². The second kappa shape index (κ2) is 6.71. The van der Waals surface area contributed by atoms with Crippen molar-refractivity contribution in [1.29, 1.82) is 0 Å². The number of nitrogens with two attached hydrogens (primary N) is 1. The zero-order chi connectivity index (χ0) is 15.4. The van der Waals surface area contributed by atoms with Gasteiger partial charge in [-0.3, -0.25) is 13.9 Å². The minimum absolute atomic E-state index is 0.284. The smallest absolute Gasteiger partial charge is 0.330 e. The van der Waals surface area contributed by atoms with Crippen molar-refractivity contribution in [3.05, 3.63) is 27.2 Å². The van der Waals surface area contributed by atoms with E-state index in [1.54, 1.807) is 10.9 Å². The van der Waals surface area contributed by atoms with E-state index in [4.69, 9.17) is 5.73 Å². The average molecular weight is 293 g/mol. The van der Waals surface area contributed by atoms with E-state index in [2.05, 4.69) is 11.9 Å². The summed E-state index contributed by atoms with van der Waals surface area (Å²) in [5.41, 5.74) is 5.91. The summed E-state index contributed by atoms with van der Waals surface area (Å²) < 4.78 is 4.59. The molecule has 0 saturated carbocycles. The zero-order valence-electron chi connectivity index (χ0n) is 12.7. The Balaban J connectivity index is 2.54. The Morgan fingerprint density at radius 2 is 1.95 bits per heavy atom. The van der Waals surface area contributed by atoms with Gasteiger partial charge in [-0.05, 0) is 25.8 Å². The van der Waals surface area contributed by atoms with Gasteiger partial charge in [0.05, 0.1) is 6.33 Å². The number of hydrogen-bond acceptors (Lipinski definition) is 4. The molecule has 0 aliphatic carbocycles. The van der Waals surface area contributed by atoms with Crippen LogP contribution in [0.1, 0.15) is 32.6 Å². The third kappa shape index (κ3) is 2.92. The van der Waals surface area contributed by atoms with Crippen LogP contribution in [0.4, 0.5) is 0 Å². The topological polar surface area (TPSA) is 87.8 Å². The molecular weight excluding hydrogens is 270 g/mol. The van der Waals surface area contributed by atoms with Gasteiger partial charge in [-0.15, -0.1) is 0 Å². The highest BCUT2D eigenvalue weighted by Gasteiger charge is 2.15. The lowest BCUT2D eigenvalue weighted by Crippen LogP contribution is -2.38. The Kier molecular flexibility index (Phi) is 4.95. The van der Waals surface area contributed by atoms with E-state index in [0.29, 0.717) is 30.8 Å². The molecule has 116 valence electrons. The van der Waals surface area contributed by atoms with Crippen molar-refractivity contribution >= 4 is 11.2 Å². The lowest BCUT2D eigenvalue weighted by atomic mass is 10.3. The molecule has 0 radical (unpaired) electrons. The van der Waals surface area contributed by atoms with Crippen molar-refractivity contribution in [3.8, 4) is 0 Å². The largest absolute Gasteiger partial charge is 0.332 e. The van der Waals surface area contributed by atoms with E-state index in [9.17, 15) is 9.59 Å². The first-order chi connectivity index (χ1) is 10.1. The lowest BCUT2D eigenvalue weighted by molar-refractivity contribution is 0.580. The summed E-state index contributed by atoms with van der Waals surface area (Å²) in [6.07, 6.45) is 5.29. The highest BCUT2D eigenvalue weighted by atomic mass is 16.2. The molecule has 2 aromatic heterocycles. The van der Waals surface area contributed by atoms with Gasteiger partial charge in [0.15, 0.2) is 11.2 Å². The summed E-state index contributed by atoms with van der Waals surface area (Å²) >= 11 is 0. The first-order valence-electron chi connectivity index (χ1n) is 7.46. The fraction of sp³-hybridized carbons (Fsp3) is 0.643. The van der Waals surface area contributed by atoms with E-state index in [1.807, 2.05) is 4.57 Å². The van der Waals surface area contributed by atoms with Gasteiger partial charge in [-0.2, -0.15) is 0 Å². The lowest BCUT2D eigenvalue weighted by Gasteiger charge is -2.09. The van der Waals surface area contributed by atoms with Crippen LogP contribution >= 0.6 is 0 Å². The zero-order valence-corrected chi connectivity index (χ0v) is 12.7. The summed E-state index contributed by atoms with van der Waals surface area (Å²) in [4.78, 5) is 28.9. The Bertz CT molecular complexity index is 725. The van der Waals surface area contributed by atoms with Crippen LogP contribution in [0.25, 0.3) is 11.2 Å². The molecule has 7 heteroatoms. The maximum atomic E-state index is 12.4. The van der Waals surface area contributed by atoms with Crippen LogP contribution in [0.2, 0.25) is 0 Å². The van der Waals surface area contributed by atoms with Crippen LogP contribution in [-0.4, -0.2) is 25.2 Å². The predicted molar refractivity (Wildman–Crippen MR) is 82.4 cm³/mol. The third-order valence-corrected chi connectivity index (χ3v) is 3.69. The van der Waals surface area contributed by atoms with Gasteiger partial charge >= 0.3 is 5.69 Å². The molecule has 2 rings (SSSR count). The van der Waals surface area contributed by atoms with Crippen LogP contribution in [0.15, 0.2) is 15.9 Å². The Morgan fingerprint density at radius 3 is 2.62 bits per heavy atom. The standard InChI is InChI=1S/C14H23N5O2/c1-3-4-9-19-12-11(13(20)17(2)14(19)21)18(10-16-12)8-6-5-7-15/h10H,3-9,15H2,1-2H3. The van der Waals surface area contributed by atoms with Crippen molar-refractivity contribution in [2.75, 3.05) is 6.54 Å². The maximum absolute atomic E-state index is 12.4. The molecule has 0 spiro atoms. The van der Waals surface area contributed by atoms with Gasteiger partial charge in [-0.25, -0.2) is 9.78 Å². The van der Waals surface area contributed by atoms with Crippen LogP contribution in [0.5, 0.6) is 0 Å². The fourth-order valence-corrected chi connectivity index (χ4v) is 2.42. The number of aryl methyl sites for hydroxylation is 2. The molecule has 7 nitrogen and oxygen atoms in total. The van der Waals surface area contributed by atoms with E-state index in [1.165, 1.54) is 11.6 Å². The Labute approximate surface area is 123 Å². The molecule has 0 unspecified atom stereocenters. The highest BCUT2D eigenvalue weighted by molar-refractivity contribution is 5.70. The molecule has 2 N–H and O–H groups in total. The van der Waals surface area contributed by atoms with Crippen LogP contribution in [-0.2, 0) is 20.1 Å². The highest BCUT2D eigenvalue weighted by Crippen LogP contribution is 2.09. The van der Waals surface area contributed by atoms with Crippen LogP contribution in [0.3, 0.4) is 0 Å². The van der Waals surface area contributed by atoms with Crippen molar-refractivity contribution in [2.45, 2.75) is 45.7 Å². The Hall–Kier alpha value is -1.89. The van der Waals surface area contributed by atoms with Gasteiger partial charge < -0.3 is 10.3 Å². The molecule has 0 atom stereocenters. The minimum Gasteiger partial charge on any atom is -0.330 e. The SMILES string of the molecule is CCCCn1c(=O)n(C)c(=O)c2c1ncn2CCCCN. The number of fused-ring (bicyclic) bond motifs is 1. The van der Waals surface area contributed by atoms with Gasteiger partial charge in [0, 0.05) is 20.1 Å². The summed E-state index contributed by atoms with van der Waals surface area (Å²) in [5, 5.41) is 0. The second-order valence-electron chi connectivity index (χ2n) is 5.26. The first kappa shape index (κ1) is 15.5. The van der Waals surface area contributed by atoms with E-state index < -0.39 is 0 Å². The van der Waals surface area contributed by atoms with Gasteiger partial charge in [0.25, 0.3) is 5.56 Å². The van der Waals surface area contributed by atoms with Gasteiger partial charge in [0.1, 0.15) is 0 Å². The average Bonchev–Trinajstić information content (AvgIpc) is 2.89.